The molecule has 0 saturated carbocycles. The van der Waals surface area contributed by atoms with Crippen molar-refractivity contribution >= 4 is 17.6 Å². The molecule has 1 aromatic heterocycles. The van der Waals surface area contributed by atoms with Crippen LogP contribution in [0.5, 0.6) is 5.88 Å². The third-order valence-corrected chi connectivity index (χ3v) is 5.27. The summed E-state index contributed by atoms with van der Waals surface area (Å²) in [4.78, 5) is 24.3. The summed E-state index contributed by atoms with van der Waals surface area (Å²) < 4.78 is 70.1. The number of ether oxygens (including phenoxy) is 3. The Morgan fingerprint density at radius 1 is 1.31 bits per heavy atom. The van der Waals surface area contributed by atoms with Crippen molar-refractivity contribution in [2.75, 3.05) is 25.6 Å². The van der Waals surface area contributed by atoms with E-state index in [1.165, 1.54) is 31.6 Å². The van der Waals surface area contributed by atoms with Gasteiger partial charge in [-0.25, -0.2) is 19.4 Å². The lowest BCUT2D eigenvalue weighted by atomic mass is 9.77. The number of rotatable bonds is 4. The monoisotopic (exact) mass is 455 g/mol. The Bertz CT molecular complexity index is 1060. The van der Waals surface area contributed by atoms with Crippen LogP contribution in [0.25, 0.3) is 0 Å². The van der Waals surface area contributed by atoms with E-state index < -0.39 is 48.7 Å². The number of nitrogens with zero attached hydrogens (tertiary/aromatic N) is 3. The average Bonchev–Trinajstić information content (AvgIpc) is 3.15. The van der Waals surface area contributed by atoms with Crippen LogP contribution < -0.4 is 15.8 Å². The molecule has 0 aliphatic carbocycles. The van der Waals surface area contributed by atoms with Gasteiger partial charge in [0.1, 0.15) is 17.1 Å². The number of carbonyl (C=O) groups is 1. The molecule has 9 nitrogen and oxygen atoms in total. The van der Waals surface area contributed by atoms with E-state index >= 15 is 0 Å². The number of anilines is 1. The number of nitrogens with one attached hydrogen (secondary N) is 1. The highest BCUT2D eigenvalue weighted by Gasteiger charge is 2.62. The molecular formula is C19H17F4N5O4. The molecule has 1 aromatic carbocycles. The second-order valence-electron chi connectivity index (χ2n) is 7.16. The maximum absolute atomic E-state index is 14.8. The molecule has 13 heteroatoms. The summed E-state index contributed by atoms with van der Waals surface area (Å²) in [7, 11) is 1.39. The second kappa shape index (κ2) is 7.89. The number of carbonyl (C=O) groups excluding carboxylic acids is 1. The molecule has 1 fully saturated rings. The Kier molecular flexibility index (Phi) is 5.36. The van der Waals surface area contributed by atoms with E-state index in [9.17, 15) is 22.4 Å². The molecule has 0 bridgehead atoms. The molecule has 1 unspecified atom stereocenters. The van der Waals surface area contributed by atoms with Gasteiger partial charge in [-0.15, -0.1) is 0 Å². The first kappa shape index (κ1) is 21.7. The summed E-state index contributed by atoms with van der Waals surface area (Å²) >= 11 is 0. The van der Waals surface area contributed by atoms with Crippen LogP contribution in [0.2, 0.25) is 0 Å². The molecule has 3 atom stereocenters. The maximum atomic E-state index is 14.8. The zero-order chi connectivity index (χ0) is 23.1. The highest BCUT2D eigenvalue weighted by atomic mass is 19.4. The van der Waals surface area contributed by atoms with Gasteiger partial charge in [-0.3, -0.25) is 4.79 Å². The van der Waals surface area contributed by atoms with E-state index in [0.717, 1.165) is 6.07 Å². The molecule has 3 heterocycles. The Labute approximate surface area is 178 Å². The van der Waals surface area contributed by atoms with Crippen LogP contribution in [0.1, 0.15) is 16.1 Å². The lowest BCUT2D eigenvalue weighted by molar-refractivity contribution is -0.219. The number of methoxy groups -OCH3 is 1. The molecule has 4 rings (SSSR count). The van der Waals surface area contributed by atoms with Crippen LogP contribution in [0.3, 0.4) is 0 Å². The van der Waals surface area contributed by atoms with Gasteiger partial charge in [-0.05, 0) is 18.2 Å². The number of amidine groups is 1. The molecule has 2 aromatic rings. The molecule has 1 saturated heterocycles. The van der Waals surface area contributed by atoms with Crippen molar-refractivity contribution in [2.45, 2.75) is 17.8 Å². The van der Waals surface area contributed by atoms with Crippen molar-refractivity contribution in [2.24, 2.45) is 16.6 Å². The predicted molar refractivity (Wildman–Crippen MR) is 101 cm³/mol. The number of amides is 1. The van der Waals surface area contributed by atoms with Gasteiger partial charge < -0.3 is 25.3 Å². The van der Waals surface area contributed by atoms with Gasteiger partial charge in [0.15, 0.2) is 6.10 Å². The number of nitrogens with two attached hydrogens (primary N) is 1. The Morgan fingerprint density at radius 3 is 2.75 bits per heavy atom. The van der Waals surface area contributed by atoms with Gasteiger partial charge in [0, 0.05) is 11.3 Å². The van der Waals surface area contributed by atoms with Gasteiger partial charge in [0.2, 0.25) is 5.88 Å². The smallest absolute Gasteiger partial charge is 0.415 e. The standard InChI is InChI=1S/C19H17F4N5O4/c1-30-14-6-25-13(5-26-14)16(29)27-9-2-3-12(20)10(4-9)18-8-32-15(19(21,22)23)11(18)7-31-17(24)28-18/h2-6,11,15H,7-8H2,1H3,(H2,24,28)(H,27,29)/t11?,15-,18+/m0/s1. The van der Waals surface area contributed by atoms with Crippen LogP contribution in [0.15, 0.2) is 35.6 Å². The second-order valence-corrected chi connectivity index (χ2v) is 7.16. The number of halogens is 4. The largest absolute Gasteiger partial charge is 0.480 e. The molecule has 1 amide bonds. The fraction of sp³-hybridized carbons (Fsp3) is 0.368. The van der Waals surface area contributed by atoms with Crippen LogP contribution in [-0.4, -0.2) is 54.5 Å². The van der Waals surface area contributed by atoms with Crippen LogP contribution in [-0.2, 0) is 15.0 Å². The van der Waals surface area contributed by atoms with Crippen molar-refractivity contribution < 1.29 is 36.6 Å². The zero-order valence-corrected chi connectivity index (χ0v) is 16.5. The summed E-state index contributed by atoms with van der Waals surface area (Å²) in [6.07, 6.45) is -4.52. The van der Waals surface area contributed by atoms with Crippen molar-refractivity contribution in [1.29, 1.82) is 0 Å². The van der Waals surface area contributed by atoms with Crippen LogP contribution in [0, 0.1) is 11.7 Å². The van der Waals surface area contributed by atoms with Gasteiger partial charge in [0.05, 0.1) is 38.6 Å². The highest BCUT2D eigenvalue weighted by molar-refractivity contribution is 6.02. The van der Waals surface area contributed by atoms with E-state index in [4.69, 9.17) is 19.9 Å². The molecule has 0 radical (unpaired) electrons. The maximum Gasteiger partial charge on any atom is 0.415 e. The van der Waals surface area contributed by atoms with Gasteiger partial charge >= 0.3 is 6.18 Å². The predicted octanol–water partition coefficient (Wildman–Crippen LogP) is 1.99. The molecule has 0 spiro atoms. The van der Waals surface area contributed by atoms with E-state index in [1.807, 2.05) is 0 Å². The lowest BCUT2D eigenvalue weighted by Gasteiger charge is -2.36. The first-order chi connectivity index (χ1) is 15.1. The Balaban J connectivity index is 1.68. The Hall–Kier alpha value is -3.48. The molecule has 32 heavy (non-hydrogen) atoms. The van der Waals surface area contributed by atoms with Crippen molar-refractivity contribution in [3.8, 4) is 5.88 Å². The summed E-state index contributed by atoms with van der Waals surface area (Å²) in [6, 6.07) is 3.08. The third-order valence-electron chi connectivity index (χ3n) is 5.27. The zero-order valence-electron chi connectivity index (χ0n) is 16.5. The lowest BCUT2D eigenvalue weighted by Crippen LogP contribution is -2.48. The normalized spacial score (nSPS) is 24.8. The minimum Gasteiger partial charge on any atom is -0.480 e. The summed E-state index contributed by atoms with van der Waals surface area (Å²) in [5.41, 5.74) is 3.68. The summed E-state index contributed by atoms with van der Waals surface area (Å²) in [5, 5.41) is 2.51. The van der Waals surface area contributed by atoms with Crippen molar-refractivity contribution in [3.05, 3.63) is 47.7 Å². The molecule has 170 valence electrons. The minimum atomic E-state index is -4.72. The summed E-state index contributed by atoms with van der Waals surface area (Å²) in [5.74, 6) is -2.67. The molecule has 2 aliphatic rings. The van der Waals surface area contributed by atoms with Gasteiger partial charge in [0.25, 0.3) is 11.9 Å². The van der Waals surface area contributed by atoms with Crippen LogP contribution in [0.4, 0.5) is 23.2 Å². The number of alkyl halides is 3. The van der Waals surface area contributed by atoms with E-state index in [2.05, 4.69) is 20.3 Å². The number of hydrogen-bond acceptors (Lipinski definition) is 8. The van der Waals surface area contributed by atoms with Gasteiger partial charge in [-0.2, -0.15) is 13.2 Å². The fourth-order valence-electron chi connectivity index (χ4n) is 3.76. The molecule has 2 aliphatic heterocycles. The molecule has 3 N–H and O–H groups in total. The van der Waals surface area contributed by atoms with E-state index in [1.54, 1.807) is 0 Å². The number of aliphatic imine (C=N–C) groups is 1. The third kappa shape index (κ3) is 3.79. The van der Waals surface area contributed by atoms with E-state index in [-0.39, 0.29) is 28.8 Å². The van der Waals surface area contributed by atoms with Crippen LogP contribution >= 0.6 is 0 Å². The first-order valence-corrected chi connectivity index (χ1v) is 9.28. The SMILES string of the molecule is COc1cnc(C(=O)Nc2ccc(F)c([C@]34CO[C@H](C(F)(F)F)C3COC(N)=N4)c2)cn1. The van der Waals surface area contributed by atoms with E-state index in [0.29, 0.717) is 0 Å². The number of hydrogen-bond donors (Lipinski definition) is 2. The Morgan fingerprint density at radius 2 is 2.09 bits per heavy atom. The average molecular weight is 455 g/mol. The fourth-order valence-corrected chi connectivity index (χ4v) is 3.76. The summed E-state index contributed by atoms with van der Waals surface area (Å²) in [6.45, 7) is -1.03. The number of benzene rings is 1. The number of aromatic nitrogens is 2. The minimum absolute atomic E-state index is 0.0534. The van der Waals surface area contributed by atoms with Gasteiger partial charge in [-0.1, -0.05) is 0 Å². The quantitative estimate of drug-likeness (QED) is 0.677. The highest BCUT2D eigenvalue weighted by Crippen LogP contribution is 2.50. The topological polar surface area (TPSA) is 121 Å². The number of fused-ring (bicyclic) bond motifs is 1. The van der Waals surface area contributed by atoms with Crippen molar-refractivity contribution in [1.82, 2.24) is 9.97 Å². The molecular weight excluding hydrogens is 438 g/mol. The first-order valence-electron chi connectivity index (χ1n) is 9.28. The van der Waals surface area contributed by atoms with Crippen molar-refractivity contribution in [3.63, 3.8) is 0 Å².